The van der Waals surface area contributed by atoms with Gasteiger partial charge in [-0.1, -0.05) is 6.92 Å². The number of ether oxygens (including phenoxy) is 1. The highest BCUT2D eigenvalue weighted by molar-refractivity contribution is 6.01. The fourth-order valence-corrected chi connectivity index (χ4v) is 2.56. The summed E-state index contributed by atoms with van der Waals surface area (Å²) in [4.78, 5) is 12.5. The first kappa shape index (κ1) is 15.8. The maximum atomic E-state index is 12.5. The molecule has 0 amide bonds. The fourth-order valence-electron chi connectivity index (χ4n) is 2.56. The van der Waals surface area contributed by atoms with Crippen molar-refractivity contribution in [1.29, 1.82) is 0 Å². The second-order valence-electron chi connectivity index (χ2n) is 6.72. The third kappa shape index (κ3) is 3.97. The van der Waals surface area contributed by atoms with Crippen LogP contribution in [0, 0.1) is 0 Å². The molecule has 0 aromatic heterocycles. The number of rotatable bonds is 4. The molecule has 0 radical (unpaired) electrons. The van der Waals surface area contributed by atoms with Gasteiger partial charge in [-0.05, 0) is 52.3 Å². The molecule has 1 aliphatic rings. The minimum Gasteiger partial charge on any atom is -0.486 e. The summed E-state index contributed by atoms with van der Waals surface area (Å²) in [5, 5.41) is 6.66. The summed E-state index contributed by atoms with van der Waals surface area (Å²) in [5.41, 5.74) is 1.54. The Labute approximate surface area is 127 Å². The van der Waals surface area contributed by atoms with Crippen LogP contribution < -0.4 is 15.4 Å². The van der Waals surface area contributed by atoms with Crippen molar-refractivity contribution in [3.05, 3.63) is 23.8 Å². The number of fused-ring (bicyclic) bond motifs is 1. The highest BCUT2D eigenvalue weighted by atomic mass is 16.5. The van der Waals surface area contributed by atoms with E-state index in [1.54, 1.807) is 0 Å². The van der Waals surface area contributed by atoms with E-state index in [0.29, 0.717) is 5.56 Å². The third-order valence-corrected chi connectivity index (χ3v) is 3.58. The minimum atomic E-state index is -0.212. The van der Waals surface area contributed by atoms with Crippen molar-refractivity contribution >= 4 is 11.5 Å². The van der Waals surface area contributed by atoms with Crippen LogP contribution in [-0.2, 0) is 0 Å². The van der Waals surface area contributed by atoms with Gasteiger partial charge in [-0.2, -0.15) is 0 Å². The van der Waals surface area contributed by atoms with E-state index >= 15 is 0 Å². The molecule has 4 heteroatoms. The maximum absolute atomic E-state index is 12.5. The third-order valence-electron chi connectivity index (χ3n) is 3.58. The molecule has 0 bridgehead atoms. The number of carbonyl (C=O) groups excluding carboxylic acids is 1. The molecule has 1 heterocycles. The van der Waals surface area contributed by atoms with Gasteiger partial charge in [-0.25, -0.2) is 0 Å². The summed E-state index contributed by atoms with van der Waals surface area (Å²) in [5.74, 6) is 0.938. The average molecular weight is 290 g/mol. The lowest BCUT2D eigenvalue weighted by Crippen LogP contribution is -2.46. The van der Waals surface area contributed by atoms with Crippen LogP contribution in [0.2, 0.25) is 0 Å². The number of hydrogen-bond donors (Lipinski definition) is 2. The van der Waals surface area contributed by atoms with Gasteiger partial charge >= 0.3 is 0 Å². The van der Waals surface area contributed by atoms with Crippen LogP contribution >= 0.6 is 0 Å². The molecule has 2 rings (SSSR count). The molecule has 2 N–H and O–H groups in total. The van der Waals surface area contributed by atoms with Crippen molar-refractivity contribution in [2.45, 2.75) is 58.7 Å². The molecule has 1 aliphatic heterocycles. The maximum Gasteiger partial charge on any atom is 0.179 e. The van der Waals surface area contributed by atoms with Crippen molar-refractivity contribution < 1.29 is 9.53 Å². The SMILES string of the molecule is CCC1CNc2cc(C(=O)C(C)NC(C)(C)C)ccc2O1. The Morgan fingerprint density at radius 2 is 2.19 bits per heavy atom. The monoisotopic (exact) mass is 290 g/mol. The molecule has 0 saturated heterocycles. The molecular formula is C17H26N2O2. The van der Waals surface area contributed by atoms with E-state index in [1.807, 2.05) is 25.1 Å². The number of anilines is 1. The number of ketones is 1. The Morgan fingerprint density at radius 3 is 2.81 bits per heavy atom. The smallest absolute Gasteiger partial charge is 0.179 e. The van der Waals surface area contributed by atoms with Gasteiger partial charge in [0.05, 0.1) is 18.3 Å². The summed E-state index contributed by atoms with van der Waals surface area (Å²) >= 11 is 0. The molecule has 1 aromatic carbocycles. The number of benzene rings is 1. The van der Waals surface area contributed by atoms with Gasteiger partial charge in [0.15, 0.2) is 5.78 Å². The van der Waals surface area contributed by atoms with Crippen LogP contribution in [-0.4, -0.2) is 30.0 Å². The van der Waals surface area contributed by atoms with Crippen molar-refractivity contribution in [3.63, 3.8) is 0 Å². The van der Waals surface area contributed by atoms with Crippen molar-refractivity contribution in [3.8, 4) is 5.75 Å². The van der Waals surface area contributed by atoms with E-state index in [0.717, 1.165) is 24.4 Å². The van der Waals surface area contributed by atoms with E-state index in [-0.39, 0.29) is 23.5 Å². The van der Waals surface area contributed by atoms with Crippen molar-refractivity contribution in [2.24, 2.45) is 0 Å². The Morgan fingerprint density at radius 1 is 1.48 bits per heavy atom. The lowest BCUT2D eigenvalue weighted by atomic mass is 10.0. The van der Waals surface area contributed by atoms with Crippen molar-refractivity contribution in [1.82, 2.24) is 5.32 Å². The van der Waals surface area contributed by atoms with E-state index in [4.69, 9.17) is 4.74 Å². The van der Waals surface area contributed by atoms with Gasteiger partial charge in [-0.3, -0.25) is 4.79 Å². The zero-order valence-corrected chi connectivity index (χ0v) is 13.6. The Hall–Kier alpha value is -1.55. The van der Waals surface area contributed by atoms with Crippen LogP contribution in [0.25, 0.3) is 0 Å². The van der Waals surface area contributed by atoms with Gasteiger partial charge < -0.3 is 15.4 Å². The van der Waals surface area contributed by atoms with Gasteiger partial charge in [-0.15, -0.1) is 0 Å². The van der Waals surface area contributed by atoms with Gasteiger partial charge in [0.2, 0.25) is 0 Å². The minimum absolute atomic E-state index is 0.0843. The lowest BCUT2D eigenvalue weighted by Gasteiger charge is -2.28. The van der Waals surface area contributed by atoms with E-state index < -0.39 is 0 Å². The van der Waals surface area contributed by atoms with Crippen LogP contribution in [0.15, 0.2) is 18.2 Å². The van der Waals surface area contributed by atoms with Crippen molar-refractivity contribution in [2.75, 3.05) is 11.9 Å². The second-order valence-corrected chi connectivity index (χ2v) is 6.72. The van der Waals surface area contributed by atoms with Gasteiger partial charge in [0.1, 0.15) is 11.9 Å². The largest absolute Gasteiger partial charge is 0.486 e. The first-order chi connectivity index (χ1) is 9.80. The number of hydrogen-bond acceptors (Lipinski definition) is 4. The topological polar surface area (TPSA) is 50.4 Å². The second kappa shape index (κ2) is 6.06. The Balaban J connectivity index is 2.13. The van der Waals surface area contributed by atoms with E-state index in [2.05, 4.69) is 38.3 Å². The Bertz CT molecular complexity index is 520. The number of nitrogens with one attached hydrogen (secondary N) is 2. The van der Waals surface area contributed by atoms with Gasteiger partial charge in [0, 0.05) is 11.1 Å². The first-order valence-electron chi connectivity index (χ1n) is 7.66. The molecule has 0 fully saturated rings. The predicted molar refractivity (Wildman–Crippen MR) is 86.3 cm³/mol. The highest BCUT2D eigenvalue weighted by Crippen LogP contribution is 2.31. The zero-order valence-electron chi connectivity index (χ0n) is 13.6. The molecular weight excluding hydrogens is 264 g/mol. The quantitative estimate of drug-likeness (QED) is 0.836. The molecule has 4 nitrogen and oxygen atoms in total. The summed E-state index contributed by atoms with van der Waals surface area (Å²) in [6, 6.07) is 5.42. The Kier molecular flexibility index (Phi) is 4.57. The van der Waals surface area contributed by atoms with Crippen LogP contribution in [0.5, 0.6) is 5.75 Å². The zero-order chi connectivity index (χ0) is 15.6. The molecule has 116 valence electrons. The highest BCUT2D eigenvalue weighted by Gasteiger charge is 2.23. The number of Topliss-reactive ketones (excluding diaryl/α,β-unsaturated/α-hetero) is 1. The molecule has 0 aliphatic carbocycles. The van der Waals surface area contributed by atoms with Gasteiger partial charge in [0.25, 0.3) is 0 Å². The van der Waals surface area contributed by atoms with Crippen LogP contribution in [0.3, 0.4) is 0 Å². The molecule has 0 spiro atoms. The fraction of sp³-hybridized carbons (Fsp3) is 0.588. The molecule has 0 saturated carbocycles. The molecule has 2 atom stereocenters. The summed E-state index contributed by atoms with van der Waals surface area (Å²) in [7, 11) is 0. The average Bonchev–Trinajstić information content (AvgIpc) is 2.43. The first-order valence-corrected chi connectivity index (χ1v) is 7.66. The van der Waals surface area contributed by atoms with Crippen LogP contribution in [0.1, 0.15) is 51.4 Å². The molecule has 1 aromatic rings. The standard InChI is InChI=1S/C17H26N2O2/c1-6-13-10-18-14-9-12(7-8-15(14)21-13)16(20)11(2)19-17(3,4)5/h7-9,11,13,18-19H,6,10H2,1-5H3. The van der Waals surface area contributed by atoms with E-state index in [1.165, 1.54) is 0 Å². The molecule has 2 unspecified atom stereocenters. The van der Waals surface area contributed by atoms with E-state index in [9.17, 15) is 4.79 Å². The molecule has 21 heavy (non-hydrogen) atoms. The summed E-state index contributed by atoms with van der Waals surface area (Å²) in [6.45, 7) is 11.0. The summed E-state index contributed by atoms with van der Waals surface area (Å²) < 4.78 is 5.87. The summed E-state index contributed by atoms with van der Waals surface area (Å²) in [6.07, 6.45) is 1.18. The number of carbonyl (C=O) groups is 1. The normalized spacial score (nSPS) is 19.2. The predicted octanol–water partition coefficient (Wildman–Crippen LogP) is 3.23. The van der Waals surface area contributed by atoms with Crippen LogP contribution in [0.4, 0.5) is 5.69 Å². The lowest BCUT2D eigenvalue weighted by molar-refractivity contribution is 0.0935.